The number of hydrogen-bond acceptors (Lipinski definition) is 8. The van der Waals surface area contributed by atoms with Crippen molar-refractivity contribution in [3.63, 3.8) is 0 Å². The van der Waals surface area contributed by atoms with E-state index in [-0.39, 0.29) is 29.1 Å². The Hall–Kier alpha value is -3.76. The molecule has 2 fully saturated rings. The van der Waals surface area contributed by atoms with Gasteiger partial charge in [-0.15, -0.1) is 0 Å². The molecule has 2 aliphatic heterocycles. The summed E-state index contributed by atoms with van der Waals surface area (Å²) in [5, 5.41) is 22.9. The van der Waals surface area contributed by atoms with E-state index in [1.165, 1.54) is 30.2 Å². The predicted molar refractivity (Wildman–Crippen MR) is 127 cm³/mol. The average Bonchev–Trinajstić information content (AvgIpc) is 3.14. The van der Waals surface area contributed by atoms with E-state index < -0.39 is 22.7 Å². The highest BCUT2D eigenvalue weighted by Crippen LogP contribution is 2.42. The van der Waals surface area contributed by atoms with Crippen molar-refractivity contribution >= 4 is 23.1 Å². The van der Waals surface area contributed by atoms with Crippen LogP contribution in [0, 0.1) is 10.1 Å². The van der Waals surface area contributed by atoms with Crippen molar-refractivity contribution in [2.24, 2.45) is 0 Å². The van der Waals surface area contributed by atoms with Gasteiger partial charge in [-0.3, -0.25) is 24.6 Å². The second kappa shape index (κ2) is 10.7. The molecule has 0 aliphatic carbocycles. The Labute approximate surface area is 202 Å². The highest BCUT2D eigenvalue weighted by molar-refractivity contribution is 6.46. The first kappa shape index (κ1) is 24.4. The van der Waals surface area contributed by atoms with E-state index in [2.05, 4.69) is 4.90 Å². The van der Waals surface area contributed by atoms with Gasteiger partial charge in [-0.05, 0) is 36.8 Å². The number of carbonyl (C=O) groups excluding carboxylic acids is 2. The number of amides is 1. The molecule has 0 aromatic heterocycles. The maximum Gasteiger partial charge on any atom is 0.295 e. The minimum Gasteiger partial charge on any atom is -0.507 e. The summed E-state index contributed by atoms with van der Waals surface area (Å²) in [7, 11) is 1.51. The quantitative estimate of drug-likeness (QED) is 0.201. The third kappa shape index (κ3) is 5.03. The number of nitro groups is 1. The van der Waals surface area contributed by atoms with E-state index >= 15 is 0 Å². The monoisotopic (exact) mass is 481 g/mol. The third-order valence-corrected chi connectivity index (χ3v) is 6.31. The van der Waals surface area contributed by atoms with Gasteiger partial charge < -0.3 is 19.5 Å². The molecule has 1 atom stereocenters. The Morgan fingerprint density at radius 1 is 1.11 bits per heavy atom. The van der Waals surface area contributed by atoms with E-state index in [4.69, 9.17) is 9.47 Å². The molecular weight excluding hydrogens is 454 g/mol. The molecule has 0 bridgehead atoms. The van der Waals surface area contributed by atoms with Crippen LogP contribution in [-0.2, 0) is 14.3 Å². The van der Waals surface area contributed by atoms with Crippen LogP contribution < -0.4 is 4.74 Å². The number of benzene rings is 2. The molecule has 2 aromatic carbocycles. The number of methoxy groups -OCH3 is 1. The molecule has 0 radical (unpaired) electrons. The molecule has 4 rings (SSSR count). The van der Waals surface area contributed by atoms with Gasteiger partial charge in [-0.2, -0.15) is 0 Å². The summed E-state index contributed by atoms with van der Waals surface area (Å²) in [5.74, 6) is -1.48. The van der Waals surface area contributed by atoms with Crippen molar-refractivity contribution in [2.75, 3.05) is 46.5 Å². The number of rotatable bonds is 8. The number of ether oxygens (including phenoxy) is 2. The second-order valence-electron chi connectivity index (χ2n) is 8.34. The molecule has 1 amide bonds. The SMILES string of the molecule is COc1ccc(C(O)=C2C(=O)C(=O)N(CCCN3CCOCC3)C2c2ccccc2[N+](=O)[O-])cc1. The Bertz CT molecular complexity index is 1140. The lowest BCUT2D eigenvalue weighted by Gasteiger charge is -2.29. The van der Waals surface area contributed by atoms with E-state index in [0.717, 1.165) is 13.1 Å². The molecule has 1 unspecified atom stereocenters. The fourth-order valence-electron chi connectivity index (χ4n) is 4.51. The van der Waals surface area contributed by atoms with Crippen LogP contribution in [0.4, 0.5) is 5.69 Å². The Kier molecular flexibility index (Phi) is 7.42. The van der Waals surface area contributed by atoms with Crippen LogP contribution in [0.5, 0.6) is 5.75 Å². The first-order chi connectivity index (χ1) is 16.9. The minimum atomic E-state index is -1.08. The van der Waals surface area contributed by atoms with E-state index in [0.29, 0.717) is 37.5 Å². The Morgan fingerprint density at radius 3 is 2.46 bits per heavy atom. The average molecular weight is 482 g/mol. The number of hydrogen-bond donors (Lipinski definition) is 1. The number of likely N-dealkylation sites (tertiary alicyclic amines) is 1. The van der Waals surface area contributed by atoms with Gasteiger partial charge in [0, 0.05) is 37.8 Å². The second-order valence-corrected chi connectivity index (χ2v) is 8.34. The summed E-state index contributed by atoms with van der Waals surface area (Å²) in [4.78, 5) is 41.0. The van der Waals surface area contributed by atoms with Crippen LogP contribution in [0.1, 0.15) is 23.6 Å². The Balaban J connectivity index is 1.73. The summed E-state index contributed by atoms with van der Waals surface area (Å²) in [6, 6.07) is 11.3. The molecule has 10 nitrogen and oxygen atoms in total. The molecule has 184 valence electrons. The summed E-state index contributed by atoms with van der Waals surface area (Å²) < 4.78 is 10.5. The molecule has 0 spiro atoms. The molecule has 2 aliphatic rings. The number of ketones is 1. The molecule has 10 heteroatoms. The maximum atomic E-state index is 13.2. The van der Waals surface area contributed by atoms with Crippen LogP contribution in [0.3, 0.4) is 0 Å². The fourth-order valence-corrected chi connectivity index (χ4v) is 4.51. The number of para-hydroxylation sites is 1. The molecule has 2 aromatic rings. The highest BCUT2D eigenvalue weighted by Gasteiger charge is 2.47. The van der Waals surface area contributed by atoms with Crippen LogP contribution in [0.25, 0.3) is 5.76 Å². The first-order valence-electron chi connectivity index (χ1n) is 11.4. The topological polar surface area (TPSA) is 122 Å². The fraction of sp³-hybridized carbons (Fsp3) is 0.360. The molecule has 2 saturated heterocycles. The Morgan fingerprint density at radius 2 is 1.80 bits per heavy atom. The van der Waals surface area contributed by atoms with Crippen LogP contribution in [0.2, 0.25) is 0 Å². The summed E-state index contributed by atoms with van der Waals surface area (Å²) in [6.45, 7) is 3.74. The summed E-state index contributed by atoms with van der Waals surface area (Å²) in [5.41, 5.74) is 0.0953. The first-order valence-corrected chi connectivity index (χ1v) is 11.4. The van der Waals surface area contributed by atoms with Gasteiger partial charge in [0.2, 0.25) is 0 Å². The molecule has 2 heterocycles. The van der Waals surface area contributed by atoms with Crippen LogP contribution in [0.15, 0.2) is 54.1 Å². The zero-order valence-corrected chi connectivity index (χ0v) is 19.4. The maximum absolute atomic E-state index is 13.2. The van der Waals surface area contributed by atoms with Gasteiger partial charge >= 0.3 is 0 Å². The zero-order chi connectivity index (χ0) is 24.9. The van der Waals surface area contributed by atoms with Gasteiger partial charge in [0.05, 0.1) is 42.4 Å². The molecule has 0 saturated carbocycles. The number of nitro benzene ring substituents is 1. The van der Waals surface area contributed by atoms with Crippen LogP contribution in [-0.4, -0.2) is 78.0 Å². The number of nitrogens with zero attached hydrogens (tertiary/aromatic N) is 3. The van der Waals surface area contributed by atoms with Gasteiger partial charge in [-0.25, -0.2) is 0 Å². The number of carbonyl (C=O) groups is 2. The largest absolute Gasteiger partial charge is 0.507 e. The smallest absolute Gasteiger partial charge is 0.295 e. The molecular formula is C25H27N3O7. The van der Waals surface area contributed by atoms with Crippen molar-refractivity contribution < 1.29 is 29.1 Å². The normalized spacial score (nSPS) is 20.3. The number of aliphatic hydroxyl groups excluding tert-OH is 1. The lowest BCUT2D eigenvalue weighted by molar-refractivity contribution is -0.385. The zero-order valence-electron chi connectivity index (χ0n) is 19.4. The van der Waals surface area contributed by atoms with Crippen molar-refractivity contribution in [1.82, 2.24) is 9.80 Å². The number of aliphatic hydroxyl groups is 1. The number of Topliss-reactive ketones (excluding diaryl/α,β-unsaturated/α-hetero) is 1. The van der Waals surface area contributed by atoms with Crippen molar-refractivity contribution in [1.29, 1.82) is 0 Å². The van der Waals surface area contributed by atoms with Gasteiger partial charge in [0.15, 0.2) is 0 Å². The van der Waals surface area contributed by atoms with Gasteiger partial charge in [-0.1, -0.05) is 12.1 Å². The summed E-state index contributed by atoms with van der Waals surface area (Å²) in [6.07, 6.45) is 0.562. The van der Waals surface area contributed by atoms with E-state index in [9.17, 15) is 24.8 Å². The highest BCUT2D eigenvalue weighted by atomic mass is 16.6. The lowest BCUT2D eigenvalue weighted by atomic mass is 9.94. The standard InChI is InChI=1S/C25H27N3O7/c1-34-18-9-7-17(8-10-18)23(29)21-22(19-5-2-3-6-20(19)28(32)33)27(25(31)24(21)30)12-4-11-26-13-15-35-16-14-26/h2-3,5-10,22,29H,4,11-16H2,1H3. The van der Waals surface area contributed by atoms with Crippen molar-refractivity contribution in [2.45, 2.75) is 12.5 Å². The van der Waals surface area contributed by atoms with Crippen LogP contribution >= 0.6 is 0 Å². The molecule has 35 heavy (non-hydrogen) atoms. The van der Waals surface area contributed by atoms with Crippen molar-refractivity contribution in [3.8, 4) is 5.75 Å². The van der Waals surface area contributed by atoms with E-state index in [1.54, 1.807) is 30.3 Å². The van der Waals surface area contributed by atoms with Gasteiger partial charge in [0.25, 0.3) is 17.4 Å². The minimum absolute atomic E-state index is 0.166. The summed E-state index contributed by atoms with van der Waals surface area (Å²) >= 11 is 0. The van der Waals surface area contributed by atoms with E-state index in [1.807, 2.05) is 0 Å². The van der Waals surface area contributed by atoms with Crippen molar-refractivity contribution in [3.05, 3.63) is 75.3 Å². The predicted octanol–water partition coefficient (Wildman–Crippen LogP) is 2.75. The third-order valence-electron chi connectivity index (χ3n) is 6.31. The van der Waals surface area contributed by atoms with Gasteiger partial charge in [0.1, 0.15) is 11.5 Å². The number of morpholine rings is 1. The molecule has 1 N–H and O–H groups in total. The lowest BCUT2D eigenvalue weighted by Crippen LogP contribution is -2.39.